The van der Waals surface area contributed by atoms with Crippen molar-refractivity contribution in [2.75, 3.05) is 12.0 Å². The fourth-order valence-corrected chi connectivity index (χ4v) is 4.00. The van der Waals surface area contributed by atoms with Gasteiger partial charge < -0.3 is 0 Å². The lowest BCUT2D eigenvalue weighted by Gasteiger charge is -2.40. The van der Waals surface area contributed by atoms with Crippen LogP contribution in [0.2, 0.25) is 0 Å². The summed E-state index contributed by atoms with van der Waals surface area (Å²) in [7, 11) is 0. The summed E-state index contributed by atoms with van der Waals surface area (Å²) in [5, 5.41) is 0. The van der Waals surface area contributed by atoms with Crippen LogP contribution in [0.25, 0.3) is 0 Å². The van der Waals surface area contributed by atoms with Crippen LogP contribution in [0.15, 0.2) is 0 Å². The Balaban J connectivity index is 2.42. The number of alkyl halides is 1. The van der Waals surface area contributed by atoms with E-state index in [1.807, 2.05) is 11.8 Å². The third-order valence-corrected chi connectivity index (χ3v) is 5.94. The minimum atomic E-state index is 0.505. The van der Waals surface area contributed by atoms with Gasteiger partial charge in [0.1, 0.15) is 0 Å². The van der Waals surface area contributed by atoms with Gasteiger partial charge in [-0.2, -0.15) is 11.8 Å². The van der Waals surface area contributed by atoms with Crippen LogP contribution < -0.4 is 0 Å². The van der Waals surface area contributed by atoms with E-state index < -0.39 is 0 Å². The molecule has 1 fully saturated rings. The van der Waals surface area contributed by atoms with E-state index in [-0.39, 0.29) is 0 Å². The molecule has 3 atom stereocenters. The summed E-state index contributed by atoms with van der Waals surface area (Å²) in [5.41, 5.74) is 0.505. The first-order chi connectivity index (χ1) is 7.45. The fourth-order valence-electron chi connectivity index (χ4n) is 2.80. The summed E-state index contributed by atoms with van der Waals surface area (Å²) in [6, 6.07) is 0. The molecule has 0 amide bonds. The standard InChI is InChI=1S/C14H27BrS/c1-14(2,3)12-7-8-13(15)11(10-12)6-5-9-16-4/h11-13H,5-10H2,1-4H3. The van der Waals surface area contributed by atoms with Gasteiger partial charge in [-0.15, -0.1) is 0 Å². The van der Waals surface area contributed by atoms with Gasteiger partial charge in [0.05, 0.1) is 0 Å². The molecule has 0 bridgehead atoms. The molecule has 0 saturated heterocycles. The monoisotopic (exact) mass is 306 g/mol. The van der Waals surface area contributed by atoms with E-state index >= 15 is 0 Å². The van der Waals surface area contributed by atoms with Gasteiger partial charge in [0.2, 0.25) is 0 Å². The second-order valence-corrected chi connectivity index (χ2v) is 8.45. The number of thioether (sulfide) groups is 1. The van der Waals surface area contributed by atoms with E-state index in [0.29, 0.717) is 5.41 Å². The molecule has 0 aromatic heterocycles. The topological polar surface area (TPSA) is 0 Å². The first-order valence-electron chi connectivity index (χ1n) is 6.58. The molecule has 0 aromatic carbocycles. The van der Waals surface area contributed by atoms with E-state index in [1.54, 1.807) is 0 Å². The summed E-state index contributed by atoms with van der Waals surface area (Å²) in [5.74, 6) is 3.18. The van der Waals surface area contributed by atoms with E-state index in [4.69, 9.17) is 0 Å². The molecule has 3 unspecified atom stereocenters. The second-order valence-electron chi connectivity index (χ2n) is 6.29. The predicted octanol–water partition coefficient (Wildman–Crippen LogP) is 5.36. The molecule has 16 heavy (non-hydrogen) atoms. The van der Waals surface area contributed by atoms with Crippen LogP contribution in [-0.4, -0.2) is 16.8 Å². The maximum absolute atomic E-state index is 3.89. The maximum Gasteiger partial charge on any atom is 0.0174 e. The average Bonchev–Trinajstić information content (AvgIpc) is 2.19. The molecule has 0 aromatic rings. The molecule has 96 valence electrons. The molecule has 0 aliphatic heterocycles. The number of hydrogen-bond acceptors (Lipinski definition) is 1. The van der Waals surface area contributed by atoms with Gasteiger partial charge in [-0.25, -0.2) is 0 Å². The smallest absolute Gasteiger partial charge is 0.0174 e. The molecule has 0 nitrogen and oxygen atoms in total. The van der Waals surface area contributed by atoms with Crippen LogP contribution in [0.1, 0.15) is 52.9 Å². The minimum Gasteiger partial charge on any atom is -0.165 e. The Bertz CT molecular complexity index is 197. The zero-order valence-corrected chi connectivity index (χ0v) is 13.7. The summed E-state index contributed by atoms with van der Waals surface area (Å²) < 4.78 is 0. The van der Waals surface area contributed by atoms with Gasteiger partial charge in [-0.3, -0.25) is 0 Å². The molecule has 0 spiro atoms. The van der Waals surface area contributed by atoms with E-state index in [1.165, 1.54) is 37.9 Å². The second kappa shape index (κ2) is 6.68. The average molecular weight is 307 g/mol. The van der Waals surface area contributed by atoms with Gasteiger partial charge in [-0.1, -0.05) is 36.7 Å². The molecular weight excluding hydrogens is 280 g/mol. The fraction of sp³-hybridized carbons (Fsp3) is 1.00. The molecule has 2 heteroatoms. The zero-order valence-electron chi connectivity index (χ0n) is 11.3. The van der Waals surface area contributed by atoms with Crippen LogP contribution in [0.4, 0.5) is 0 Å². The Labute approximate surface area is 114 Å². The lowest BCUT2D eigenvalue weighted by molar-refractivity contribution is 0.142. The molecular formula is C14H27BrS. The van der Waals surface area contributed by atoms with Crippen molar-refractivity contribution in [3.05, 3.63) is 0 Å². The van der Waals surface area contributed by atoms with Crippen molar-refractivity contribution in [2.45, 2.75) is 57.7 Å². The molecule has 1 rings (SSSR count). The van der Waals surface area contributed by atoms with Crippen LogP contribution in [0.3, 0.4) is 0 Å². The summed E-state index contributed by atoms with van der Waals surface area (Å²) in [4.78, 5) is 0.785. The Morgan fingerprint density at radius 3 is 2.50 bits per heavy atom. The van der Waals surface area contributed by atoms with Crippen LogP contribution in [-0.2, 0) is 0 Å². The maximum atomic E-state index is 3.89. The van der Waals surface area contributed by atoms with Crippen molar-refractivity contribution in [1.29, 1.82) is 0 Å². The van der Waals surface area contributed by atoms with Crippen molar-refractivity contribution in [2.24, 2.45) is 17.3 Å². The van der Waals surface area contributed by atoms with Gasteiger partial charge in [0, 0.05) is 4.83 Å². The highest BCUT2D eigenvalue weighted by atomic mass is 79.9. The quantitative estimate of drug-likeness (QED) is 0.498. The van der Waals surface area contributed by atoms with Gasteiger partial charge in [0.25, 0.3) is 0 Å². The summed E-state index contributed by atoms with van der Waals surface area (Å²) >= 11 is 5.88. The van der Waals surface area contributed by atoms with Gasteiger partial charge >= 0.3 is 0 Å². The van der Waals surface area contributed by atoms with Gasteiger partial charge in [-0.05, 0) is 61.4 Å². The van der Waals surface area contributed by atoms with E-state index in [0.717, 1.165) is 16.7 Å². The van der Waals surface area contributed by atoms with Crippen LogP contribution in [0, 0.1) is 17.3 Å². The predicted molar refractivity (Wildman–Crippen MR) is 80.6 cm³/mol. The molecule has 1 aliphatic carbocycles. The number of rotatable bonds is 4. The van der Waals surface area contributed by atoms with Crippen molar-refractivity contribution in [1.82, 2.24) is 0 Å². The first-order valence-corrected chi connectivity index (χ1v) is 8.89. The third kappa shape index (κ3) is 4.60. The molecule has 1 saturated carbocycles. The molecule has 0 heterocycles. The van der Waals surface area contributed by atoms with Crippen molar-refractivity contribution in [3.8, 4) is 0 Å². The zero-order chi connectivity index (χ0) is 12.2. The number of halogens is 1. The Hall–Kier alpha value is 0.830. The van der Waals surface area contributed by atoms with Crippen molar-refractivity contribution >= 4 is 27.7 Å². The normalized spacial score (nSPS) is 31.7. The van der Waals surface area contributed by atoms with E-state index in [2.05, 4.69) is 43.0 Å². The summed E-state index contributed by atoms with van der Waals surface area (Å²) in [6.45, 7) is 7.22. The van der Waals surface area contributed by atoms with Crippen LogP contribution in [0.5, 0.6) is 0 Å². The lowest BCUT2D eigenvalue weighted by Crippen LogP contribution is -2.32. The minimum absolute atomic E-state index is 0.505. The molecule has 0 N–H and O–H groups in total. The first kappa shape index (κ1) is 14.9. The highest BCUT2D eigenvalue weighted by molar-refractivity contribution is 9.09. The Kier molecular flexibility index (Phi) is 6.22. The van der Waals surface area contributed by atoms with Crippen LogP contribution >= 0.6 is 27.7 Å². The third-order valence-electron chi connectivity index (χ3n) is 4.04. The van der Waals surface area contributed by atoms with Crippen molar-refractivity contribution < 1.29 is 0 Å². The van der Waals surface area contributed by atoms with Crippen molar-refractivity contribution in [3.63, 3.8) is 0 Å². The lowest BCUT2D eigenvalue weighted by atomic mass is 9.68. The molecule has 1 aliphatic rings. The highest BCUT2D eigenvalue weighted by Gasteiger charge is 2.34. The number of hydrogen-bond donors (Lipinski definition) is 0. The SMILES string of the molecule is CSCCCC1CC(C(C)(C)C)CCC1Br. The highest BCUT2D eigenvalue weighted by Crippen LogP contribution is 2.43. The summed E-state index contributed by atoms with van der Waals surface area (Å²) in [6.07, 6.45) is 9.26. The van der Waals surface area contributed by atoms with E-state index in [9.17, 15) is 0 Å². The largest absolute Gasteiger partial charge is 0.165 e. The Morgan fingerprint density at radius 1 is 1.25 bits per heavy atom. The Morgan fingerprint density at radius 2 is 1.94 bits per heavy atom. The van der Waals surface area contributed by atoms with Gasteiger partial charge in [0.15, 0.2) is 0 Å². The molecule has 0 radical (unpaired) electrons.